The van der Waals surface area contributed by atoms with Gasteiger partial charge in [0.1, 0.15) is 0 Å². The fraction of sp³-hybridized carbons (Fsp3) is 1.00. The fourth-order valence-electron chi connectivity index (χ4n) is 5.33. The molecule has 0 amide bonds. The van der Waals surface area contributed by atoms with E-state index in [0.29, 0.717) is 5.54 Å². The molecular weight excluding hydrogens is 232 g/mol. The highest BCUT2D eigenvalue weighted by Crippen LogP contribution is 2.46. The molecule has 0 radical (unpaired) electrons. The molecule has 1 heterocycles. The van der Waals surface area contributed by atoms with Crippen molar-refractivity contribution < 1.29 is 0 Å². The summed E-state index contributed by atoms with van der Waals surface area (Å²) in [6.07, 6.45) is 14.8. The van der Waals surface area contributed by atoms with Gasteiger partial charge in [0.2, 0.25) is 0 Å². The van der Waals surface area contributed by atoms with Gasteiger partial charge in [-0.3, -0.25) is 4.90 Å². The van der Waals surface area contributed by atoms with Gasteiger partial charge in [-0.1, -0.05) is 38.5 Å². The highest BCUT2D eigenvalue weighted by Gasteiger charge is 2.49. The van der Waals surface area contributed by atoms with Crippen molar-refractivity contribution in [3.8, 4) is 0 Å². The van der Waals surface area contributed by atoms with Crippen LogP contribution in [0.4, 0.5) is 0 Å². The normalized spacial score (nSPS) is 31.4. The predicted molar refractivity (Wildman–Crippen MR) is 81.4 cm³/mol. The topological polar surface area (TPSA) is 15.3 Å². The van der Waals surface area contributed by atoms with Crippen molar-refractivity contribution in [1.82, 2.24) is 10.2 Å². The molecule has 110 valence electrons. The molecule has 3 rings (SSSR count). The Morgan fingerprint density at radius 3 is 1.84 bits per heavy atom. The van der Waals surface area contributed by atoms with Crippen LogP contribution in [-0.4, -0.2) is 37.1 Å². The van der Waals surface area contributed by atoms with E-state index in [4.69, 9.17) is 0 Å². The Labute approximate surface area is 119 Å². The number of likely N-dealkylation sites (N-methyl/N-ethyl adjacent to an activating group) is 1. The molecule has 3 aliphatic rings. The Kier molecular flexibility index (Phi) is 4.48. The summed E-state index contributed by atoms with van der Waals surface area (Å²) in [7, 11) is 2.42. The number of piperazine rings is 1. The third-order valence-electron chi connectivity index (χ3n) is 6.37. The van der Waals surface area contributed by atoms with Gasteiger partial charge in [-0.05, 0) is 44.6 Å². The Morgan fingerprint density at radius 1 is 0.842 bits per heavy atom. The van der Waals surface area contributed by atoms with Crippen LogP contribution in [0.1, 0.15) is 64.2 Å². The van der Waals surface area contributed by atoms with Crippen molar-refractivity contribution in [1.29, 1.82) is 0 Å². The summed E-state index contributed by atoms with van der Waals surface area (Å²) in [6, 6.07) is 0. The molecule has 0 spiro atoms. The third kappa shape index (κ3) is 2.58. The molecule has 2 aliphatic carbocycles. The van der Waals surface area contributed by atoms with E-state index in [1.54, 1.807) is 0 Å². The van der Waals surface area contributed by atoms with Gasteiger partial charge >= 0.3 is 0 Å². The molecule has 0 atom stereocenters. The van der Waals surface area contributed by atoms with E-state index in [2.05, 4.69) is 17.3 Å². The SMILES string of the molecule is CN1CCNCC1(C1CCCCC1)C1CCCCC1. The van der Waals surface area contributed by atoms with Gasteiger partial charge in [0.15, 0.2) is 0 Å². The van der Waals surface area contributed by atoms with Crippen LogP contribution in [0.2, 0.25) is 0 Å². The van der Waals surface area contributed by atoms with Crippen LogP contribution in [0.25, 0.3) is 0 Å². The summed E-state index contributed by atoms with van der Waals surface area (Å²) in [5.41, 5.74) is 0.499. The van der Waals surface area contributed by atoms with Gasteiger partial charge in [-0.2, -0.15) is 0 Å². The monoisotopic (exact) mass is 264 g/mol. The minimum Gasteiger partial charge on any atom is -0.314 e. The first-order valence-corrected chi connectivity index (χ1v) is 8.76. The lowest BCUT2D eigenvalue weighted by molar-refractivity contribution is -0.0448. The quantitative estimate of drug-likeness (QED) is 0.822. The standard InChI is InChI=1S/C17H32N2/c1-19-13-12-18-14-17(19,15-8-4-2-5-9-15)16-10-6-3-7-11-16/h15-16,18H,2-14H2,1H3. The zero-order valence-corrected chi connectivity index (χ0v) is 12.8. The number of hydrogen-bond acceptors (Lipinski definition) is 2. The smallest absolute Gasteiger partial charge is 0.0387 e. The Bertz CT molecular complexity index is 259. The summed E-state index contributed by atoms with van der Waals surface area (Å²) < 4.78 is 0. The van der Waals surface area contributed by atoms with E-state index in [1.165, 1.54) is 83.8 Å². The van der Waals surface area contributed by atoms with Crippen LogP contribution in [0.3, 0.4) is 0 Å². The van der Waals surface area contributed by atoms with Crippen molar-refractivity contribution >= 4 is 0 Å². The van der Waals surface area contributed by atoms with Gasteiger partial charge < -0.3 is 5.32 Å². The Hall–Kier alpha value is -0.0800. The van der Waals surface area contributed by atoms with Crippen LogP contribution in [0.5, 0.6) is 0 Å². The summed E-state index contributed by atoms with van der Waals surface area (Å²) in [6.45, 7) is 3.71. The third-order valence-corrected chi connectivity index (χ3v) is 6.37. The van der Waals surface area contributed by atoms with Gasteiger partial charge in [0, 0.05) is 25.2 Å². The highest BCUT2D eigenvalue weighted by molar-refractivity contribution is 5.05. The first kappa shape index (κ1) is 13.9. The minimum atomic E-state index is 0.499. The van der Waals surface area contributed by atoms with Crippen LogP contribution >= 0.6 is 0 Å². The summed E-state index contributed by atoms with van der Waals surface area (Å²) in [5.74, 6) is 1.92. The van der Waals surface area contributed by atoms with E-state index in [0.717, 1.165) is 11.8 Å². The maximum absolute atomic E-state index is 3.76. The summed E-state index contributed by atoms with van der Waals surface area (Å²) >= 11 is 0. The molecule has 3 fully saturated rings. The molecule has 19 heavy (non-hydrogen) atoms. The van der Waals surface area contributed by atoms with E-state index < -0.39 is 0 Å². The van der Waals surface area contributed by atoms with Gasteiger partial charge in [-0.25, -0.2) is 0 Å². The van der Waals surface area contributed by atoms with Crippen molar-refractivity contribution in [2.45, 2.75) is 69.7 Å². The second-order valence-corrected chi connectivity index (χ2v) is 7.26. The number of hydrogen-bond donors (Lipinski definition) is 1. The molecule has 0 aromatic heterocycles. The lowest BCUT2D eigenvalue weighted by Crippen LogP contribution is -2.67. The van der Waals surface area contributed by atoms with E-state index >= 15 is 0 Å². The summed E-state index contributed by atoms with van der Waals surface area (Å²) in [4.78, 5) is 2.77. The fourth-order valence-corrected chi connectivity index (χ4v) is 5.33. The van der Waals surface area contributed by atoms with E-state index in [9.17, 15) is 0 Å². The zero-order chi connectivity index (χ0) is 13.1. The van der Waals surface area contributed by atoms with E-state index in [-0.39, 0.29) is 0 Å². The average molecular weight is 264 g/mol. The van der Waals surface area contributed by atoms with Crippen molar-refractivity contribution in [3.63, 3.8) is 0 Å². The predicted octanol–water partition coefficient (Wildman–Crippen LogP) is 3.42. The number of nitrogens with one attached hydrogen (secondary N) is 1. The zero-order valence-electron chi connectivity index (χ0n) is 12.8. The van der Waals surface area contributed by atoms with Gasteiger partial charge in [0.05, 0.1) is 0 Å². The number of nitrogens with zero attached hydrogens (tertiary/aromatic N) is 1. The molecule has 0 bridgehead atoms. The molecule has 1 aliphatic heterocycles. The van der Waals surface area contributed by atoms with Crippen molar-refractivity contribution in [2.75, 3.05) is 26.7 Å². The maximum Gasteiger partial charge on any atom is 0.0387 e. The molecule has 2 heteroatoms. The molecule has 0 aromatic rings. The Balaban J connectivity index is 1.84. The molecule has 2 nitrogen and oxygen atoms in total. The van der Waals surface area contributed by atoms with Gasteiger partial charge in [0.25, 0.3) is 0 Å². The molecule has 1 N–H and O–H groups in total. The molecule has 0 unspecified atom stereocenters. The lowest BCUT2D eigenvalue weighted by Gasteiger charge is -2.56. The summed E-state index contributed by atoms with van der Waals surface area (Å²) in [5, 5.41) is 3.76. The van der Waals surface area contributed by atoms with Gasteiger partial charge in [-0.15, -0.1) is 0 Å². The first-order chi connectivity index (χ1) is 9.34. The van der Waals surface area contributed by atoms with Crippen molar-refractivity contribution in [3.05, 3.63) is 0 Å². The molecule has 2 saturated carbocycles. The largest absolute Gasteiger partial charge is 0.314 e. The molecule has 0 aromatic carbocycles. The lowest BCUT2D eigenvalue weighted by atomic mass is 9.62. The average Bonchev–Trinajstić information content (AvgIpc) is 2.50. The first-order valence-electron chi connectivity index (χ1n) is 8.76. The molecular formula is C17H32N2. The Morgan fingerprint density at radius 2 is 1.37 bits per heavy atom. The van der Waals surface area contributed by atoms with Crippen LogP contribution < -0.4 is 5.32 Å². The maximum atomic E-state index is 3.76. The van der Waals surface area contributed by atoms with Crippen LogP contribution in [0.15, 0.2) is 0 Å². The number of rotatable bonds is 2. The van der Waals surface area contributed by atoms with Crippen LogP contribution in [-0.2, 0) is 0 Å². The van der Waals surface area contributed by atoms with E-state index in [1.807, 2.05) is 0 Å². The van der Waals surface area contributed by atoms with Crippen molar-refractivity contribution in [2.24, 2.45) is 11.8 Å². The minimum absolute atomic E-state index is 0.499. The van der Waals surface area contributed by atoms with Crippen LogP contribution in [0, 0.1) is 11.8 Å². The molecule has 1 saturated heterocycles. The second-order valence-electron chi connectivity index (χ2n) is 7.26. The second kappa shape index (κ2) is 6.13. The highest BCUT2D eigenvalue weighted by atomic mass is 15.2.